The molecule has 2 aromatic carbocycles. The fraction of sp³-hybridized carbons (Fsp3) is 0.100. The molecule has 0 unspecified atom stereocenters. The maximum Gasteiger partial charge on any atom is 0.153 e. The standard InChI is InChI=1S/C20H18N4S/c1-13-6-5-8-16(10-13)25-20-17-9-4-3-7-15(17)12-18(22-20)21-19-11-14(2)23-24-19/h3-12H,1-2H3,(H2,21,22,23,24). The number of aryl methyl sites for hydroxylation is 2. The number of hydrogen-bond donors (Lipinski definition) is 2. The zero-order chi connectivity index (χ0) is 17.2. The Balaban J connectivity index is 1.75. The highest BCUT2D eigenvalue weighted by Crippen LogP contribution is 2.34. The zero-order valence-electron chi connectivity index (χ0n) is 14.1. The van der Waals surface area contributed by atoms with Crippen molar-refractivity contribution in [2.75, 3.05) is 5.32 Å². The van der Waals surface area contributed by atoms with E-state index in [2.05, 4.69) is 71.0 Å². The summed E-state index contributed by atoms with van der Waals surface area (Å²) in [5.41, 5.74) is 2.26. The number of pyridine rings is 1. The third kappa shape index (κ3) is 3.51. The van der Waals surface area contributed by atoms with Crippen LogP contribution in [0, 0.1) is 13.8 Å². The third-order valence-electron chi connectivity index (χ3n) is 3.87. The van der Waals surface area contributed by atoms with Crippen molar-refractivity contribution in [2.24, 2.45) is 0 Å². The van der Waals surface area contributed by atoms with Gasteiger partial charge in [0.15, 0.2) is 5.82 Å². The lowest BCUT2D eigenvalue weighted by atomic mass is 10.2. The Kier molecular flexibility index (Phi) is 4.15. The van der Waals surface area contributed by atoms with Crippen molar-refractivity contribution in [3.8, 4) is 0 Å². The molecule has 0 fully saturated rings. The number of nitrogens with zero attached hydrogens (tertiary/aromatic N) is 2. The van der Waals surface area contributed by atoms with Crippen molar-refractivity contribution in [1.29, 1.82) is 0 Å². The molecule has 0 atom stereocenters. The molecule has 0 spiro atoms. The fourth-order valence-electron chi connectivity index (χ4n) is 2.71. The van der Waals surface area contributed by atoms with Gasteiger partial charge in [0.2, 0.25) is 0 Å². The first-order chi connectivity index (χ1) is 12.2. The first-order valence-corrected chi connectivity index (χ1v) is 8.92. The number of rotatable bonds is 4. The van der Waals surface area contributed by atoms with Gasteiger partial charge in [-0.05, 0) is 37.4 Å². The predicted molar refractivity (Wildman–Crippen MR) is 104 cm³/mol. The first-order valence-electron chi connectivity index (χ1n) is 8.11. The summed E-state index contributed by atoms with van der Waals surface area (Å²) in [7, 11) is 0. The molecule has 0 aliphatic heterocycles. The first kappa shape index (κ1) is 15.7. The van der Waals surface area contributed by atoms with Crippen molar-refractivity contribution in [2.45, 2.75) is 23.8 Å². The highest BCUT2D eigenvalue weighted by Gasteiger charge is 2.09. The quantitative estimate of drug-likeness (QED) is 0.514. The van der Waals surface area contributed by atoms with E-state index in [0.717, 1.165) is 33.1 Å². The van der Waals surface area contributed by atoms with Crippen LogP contribution in [0.1, 0.15) is 11.3 Å². The minimum Gasteiger partial charge on any atom is -0.323 e. The van der Waals surface area contributed by atoms with E-state index in [1.54, 1.807) is 11.8 Å². The molecular weight excluding hydrogens is 328 g/mol. The van der Waals surface area contributed by atoms with E-state index < -0.39 is 0 Å². The minimum atomic E-state index is 0.770. The molecule has 5 heteroatoms. The van der Waals surface area contributed by atoms with E-state index >= 15 is 0 Å². The van der Waals surface area contributed by atoms with Crippen LogP contribution in [-0.4, -0.2) is 15.2 Å². The van der Waals surface area contributed by atoms with Crippen molar-refractivity contribution in [1.82, 2.24) is 15.2 Å². The number of fused-ring (bicyclic) bond motifs is 1. The number of hydrogen-bond acceptors (Lipinski definition) is 4. The van der Waals surface area contributed by atoms with Gasteiger partial charge in [0.05, 0.1) is 0 Å². The number of nitrogens with one attached hydrogen (secondary N) is 2. The molecule has 0 saturated heterocycles. The Bertz CT molecular complexity index is 1040. The molecular formula is C20H18N4S. The molecule has 2 aromatic heterocycles. The predicted octanol–water partition coefficient (Wildman–Crippen LogP) is 5.47. The van der Waals surface area contributed by atoms with Crippen LogP contribution >= 0.6 is 11.8 Å². The van der Waals surface area contributed by atoms with Crippen LogP contribution in [0.4, 0.5) is 11.6 Å². The van der Waals surface area contributed by atoms with E-state index in [9.17, 15) is 0 Å². The van der Waals surface area contributed by atoms with Gasteiger partial charge in [0.25, 0.3) is 0 Å². The van der Waals surface area contributed by atoms with Crippen LogP contribution < -0.4 is 5.32 Å². The average Bonchev–Trinajstić information content (AvgIpc) is 3.00. The summed E-state index contributed by atoms with van der Waals surface area (Å²) in [6.45, 7) is 4.08. The molecule has 25 heavy (non-hydrogen) atoms. The summed E-state index contributed by atoms with van der Waals surface area (Å²) in [6, 6.07) is 20.8. The molecule has 4 aromatic rings. The topological polar surface area (TPSA) is 53.6 Å². The normalized spacial score (nSPS) is 11.0. The lowest BCUT2D eigenvalue weighted by Gasteiger charge is -2.10. The summed E-state index contributed by atoms with van der Waals surface area (Å²) in [5.74, 6) is 1.56. The molecule has 0 aliphatic carbocycles. The van der Waals surface area contributed by atoms with Crippen molar-refractivity contribution in [3.05, 3.63) is 71.9 Å². The average molecular weight is 346 g/mol. The van der Waals surface area contributed by atoms with Crippen molar-refractivity contribution in [3.63, 3.8) is 0 Å². The van der Waals surface area contributed by atoms with Gasteiger partial charge >= 0.3 is 0 Å². The Hall–Kier alpha value is -2.79. The maximum atomic E-state index is 4.83. The highest BCUT2D eigenvalue weighted by atomic mass is 32.2. The molecule has 2 N–H and O–H groups in total. The van der Waals surface area contributed by atoms with E-state index in [4.69, 9.17) is 4.98 Å². The molecule has 0 bridgehead atoms. The summed E-state index contributed by atoms with van der Waals surface area (Å²) in [4.78, 5) is 6.01. The summed E-state index contributed by atoms with van der Waals surface area (Å²) < 4.78 is 0. The number of aromatic nitrogens is 3. The third-order valence-corrected chi connectivity index (χ3v) is 4.87. The van der Waals surface area contributed by atoms with Crippen molar-refractivity contribution < 1.29 is 0 Å². The van der Waals surface area contributed by atoms with Gasteiger partial charge in [-0.15, -0.1) is 0 Å². The molecule has 0 radical (unpaired) electrons. The van der Waals surface area contributed by atoms with E-state index in [0.29, 0.717) is 0 Å². The largest absolute Gasteiger partial charge is 0.323 e. The Morgan fingerprint density at radius 3 is 2.60 bits per heavy atom. The molecule has 2 heterocycles. The molecule has 4 nitrogen and oxygen atoms in total. The van der Waals surface area contributed by atoms with Crippen LogP contribution in [0.3, 0.4) is 0 Å². The second kappa shape index (κ2) is 6.61. The van der Waals surface area contributed by atoms with Gasteiger partial charge in [-0.25, -0.2) is 4.98 Å². The second-order valence-electron chi connectivity index (χ2n) is 6.01. The SMILES string of the molecule is Cc1cccc(Sc2nc(Nc3cc(C)[nH]n3)cc3ccccc23)c1. The number of benzene rings is 2. The smallest absolute Gasteiger partial charge is 0.153 e. The van der Waals surface area contributed by atoms with Gasteiger partial charge in [-0.3, -0.25) is 5.10 Å². The van der Waals surface area contributed by atoms with Crippen molar-refractivity contribution >= 4 is 34.2 Å². The maximum absolute atomic E-state index is 4.83. The number of anilines is 2. The summed E-state index contributed by atoms with van der Waals surface area (Å²) >= 11 is 1.68. The number of aromatic amines is 1. The number of H-pyrrole nitrogens is 1. The van der Waals surface area contributed by atoms with E-state index in [1.165, 1.54) is 10.5 Å². The van der Waals surface area contributed by atoms with E-state index in [-0.39, 0.29) is 0 Å². The monoisotopic (exact) mass is 346 g/mol. The zero-order valence-corrected chi connectivity index (χ0v) is 14.9. The fourth-order valence-corrected chi connectivity index (χ4v) is 3.77. The van der Waals surface area contributed by atoms with Gasteiger partial charge in [-0.2, -0.15) is 5.10 Å². The van der Waals surface area contributed by atoms with Crippen LogP contribution in [0.25, 0.3) is 10.8 Å². The Labute approximate surface area is 150 Å². The van der Waals surface area contributed by atoms with Crippen LogP contribution in [0.2, 0.25) is 0 Å². The van der Waals surface area contributed by atoms with Gasteiger partial charge in [0, 0.05) is 22.0 Å². The van der Waals surface area contributed by atoms with Crippen LogP contribution in [0.15, 0.2) is 70.6 Å². The highest BCUT2D eigenvalue weighted by molar-refractivity contribution is 7.99. The molecule has 124 valence electrons. The Morgan fingerprint density at radius 1 is 0.920 bits per heavy atom. The summed E-state index contributed by atoms with van der Waals surface area (Å²) in [6.07, 6.45) is 0. The molecule has 4 rings (SSSR count). The van der Waals surface area contributed by atoms with Gasteiger partial charge < -0.3 is 5.32 Å². The van der Waals surface area contributed by atoms with Crippen LogP contribution in [0.5, 0.6) is 0 Å². The summed E-state index contributed by atoms with van der Waals surface area (Å²) in [5, 5.41) is 13.8. The van der Waals surface area contributed by atoms with Gasteiger partial charge in [-0.1, -0.05) is 53.7 Å². The minimum absolute atomic E-state index is 0.770. The van der Waals surface area contributed by atoms with Crippen LogP contribution in [-0.2, 0) is 0 Å². The van der Waals surface area contributed by atoms with E-state index in [1.807, 2.05) is 19.1 Å². The second-order valence-corrected chi connectivity index (χ2v) is 7.08. The molecule has 0 aliphatic rings. The lowest BCUT2D eigenvalue weighted by Crippen LogP contribution is -1.96. The Morgan fingerprint density at radius 2 is 1.80 bits per heavy atom. The molecule has 0 amide bonds. The lowest BCUT2D eigenvalue weighted by molar-refractivity contribution is 1.04. The molecule has 0 saturated carbocycles. The van der Waals surface area contributed by atoms with Gasteiger partial charge in [0.1, 0.15) is 10.8 Å².